The highest BCUT2D eigenvalue weighted by molar-refractivity contribution is 7.09. The van der Waals surface area contributed by atoms with Crippen molar-refractivity contribution >= 4 is 17.2 Å². The molecule has 7 heteroatoms. The first-order valence-electron chi connectivity index (χ1n) is 8.88. The lowest BCUT2D eigenvalue weighted by Crippen LogP contribution is -2.41. The summed E-state index contributed by atoms with van der Waals surface area (Å²) < 4.78 is 11.0. The zero-order valence-corrected chi connectivity index (χ0v) is 15.9. The molecule has 1 aliphatic heterocycles. The van der Waals surface area contributed by atoms with Crippen LogP contribution in [0.15, 0.2) is 29.6 Å². The van der Waals surface area contributed by atoms with Gasteiger partial charge in [-0.1, -0.05) is 17.7 Å². The molecule has 2 heterocycles. The summed E-state index contributed by atoms with van der Waals surface area (Å²) in [6, 6.07) is 7.94. The first-order valence-corrected chi connectivity index (χ1v) is 9.76. The summed E-state index contributed by atoms with van der Waals surface area (Å²) in [5.74, 6) is 0.836. The standard InChI is InChI=1S/C19H25N3O3S/c1-15-2-4-17(5-3-15)25-13-19-21-16(14-26-19)12-18(23)20-6-7-22-8-10-24-11-9-22/h2-5,14H,6-13H2,1H3,(H,20,23). The molecule has 1 N–H and O–H groups in total. The number of carbonyl (C=O) groups excluding carboxylic acids is 1. The summed E-state index contributed by atoms with van der Waals surface area (Å²) in [4.78, 5) is 18.8. The fourth-order valence-electron chi connectivity index (χ4n) is 2.68. The molecule has 1 aliphatic rings. The third-order valence-corrected chi connectivity index (χ3v) is 5.05. The third-order valence-electron chi connectivity index (χ3n) is 4.18. The summed E-state index contributed by atoms with van der Waals surface area (Å²) in [7, 11) is 0. The second-order valence-corrected chi connectivity index (χ2v) is 7.26. The molecule has 3 rings (SSSR count). The quantitative estimate of drug-likeness (QED) is 0.765. The van der Waals surface area contributed by atoms with Crippen molar-refractivity contribution in [3.05, 3.63) is 45.9 Å². The van der Waals surface area contributed by atoms with Gasteiger partial charge in [0.15, 0.2) is 0 Å². The van der Waals surface area contributed by atoms with E-state index in [-0.39, 0.29) is 5.91 Å². The largest absolute Gasteiger partial charge is 0.486 e. The molecule has 2 aromatic rings. The number of ether oxygens (including phenoxy) is 2. The minimum Gasteiger partial charge on any atom is -0.486 e. The van der Waals surface area contributed by atoms with Crippen molar-refractivity contribution in [2.24, 2.45) is 0 Å². The van der Waals surface area contributed by atoms with Crippen LogP contribution in [-0.4, -0.2) is 55.2 Å². The second kappa shape index (κ2) is 9.66. The molecule has 0 spiro atoms. The number of morpholine rings is 1. The monoisotopic (exact) mass is 375 g/mol. The molecule has 1 aromatic heterocycles. The number of aryl methyl sites for hydroxylation is 1. The SMILES string of the molecule is Cc1ccc(OCc2nc(CC(=O)NCCN3CCOCC3)cs2)cc1. The van der Waals surface area contributed by atoms with E-state index in [0.717, 1.165) is 49.3 Å². The van der Waals surface area contributed by atoms with Crippen molar-refractivity contribution in [3.8, 4) is 5.75 Å². The van der Waals surface area contributed by atoms with Crippen molar-refractivity contribution in [1.82, 2.24) is 15.2 Å². The van der Waals surface area contributed by atoms with Gasteiger partial charge in [-0.2, -0.15) is 0 Å². The lowest BCUT2D eigenvalue weighted by molar-refractivity contribution is -0.120. The zero-order chi connectivity index (χ0) is 18.2. The Bertz CT molecular complexity index is 696. The van der Waals surface area contributed by atoms with Crippen LogP contribution in [0.25, 0.3) is 0 Å². The molecule has 6 nitrogen and oxygen atoms in total. The van der Waals surface area contributed by atoms with Crippen LogP contribution >= 0.6 is 11.3 Å². The van der Waals surface area contributed by atoms with Gasteiger partial charge in [-0.15, -0.1) is 11.3 Å². The number of rotatable bonds is 8. The Morgan fingerprint density at radius 3 is 2.85 bits per heavy atom. The van der Waals surface area contributed by atoms with E-state index in [1.165, 1.54) is 16.9 Å². The van der Waals surface area contributed by atoms with Gasteiger partial charge in [0.25, 0.3) is 0 Å². The number of nitrogens with zero attached hydrogens (tertiary/aromatic N) is 2. The number of nitrogens with one attached hydrogen (secondary N) is 1. The summed E-state index contributed by atoms with van der Waals surface area (Å²) in [6.45, 7) is 7.42. The average Bonchev–Trinajstić information content (AvgIpc) is 3.09. The van der Waals surface area contributed by atoms with E-state index in [2.05, 4.69) is 15.2 Å². The van der Waals surface area contributed by atoms with Gasteiger partial charge < -0.3 is 14.8 Å². The molecule has 26 heavy (non-hydrogen) atoms. The summed E-state index contributed by atoms with van der Waals surface area (Å²) in [6.07, 6.45) is 0.310. The van der Waals surface area contributed by atoms with Crippen LogP contribution in [0, 0.1) is 6.92 Å². The molecule has 0 radical (unpaired) electrons. The predicted octanol–water partition coefficient (Wildman–Crippen LogP) is 2.02. The van der Waals surface area contributed by atoms with Gasteiger partial charge in [-0.3, -0.25) is 9.69 Å². The molecule has 0 saturated carbocycles. The molecule has 1 amide bonds. The number of carbonyl (C=O) groups is 1. The Labute approximate surface area is 158 Å². The Kier molecular flexibility index (Phi) is 6.99. The maximum absolute atomic E-state index is 12.1. The van der Waals surface area contributed by atoms with E-state index >= 15 is 0 Å². The fraction of sp³-hybridized carbons (Fsp3) is 0.474. The van der Waals surface area contributed by atoms with E-state index in [4.69, 9.17) is 9.47 Å². The molecule has 1 fully saturated rings. The maximum Gasteiger partial charge on any atom is 0.226 e. The van der Waals surface area contributed by atoms with Gasteiger partial charge >= 0.3 is 0 Å². The van der Waals surface area contributed by atoms with Crippen molar-refractivity contribution < 1.29 is 14.3 Å². The van der Waals surface area contributed by atoms with E-state index in [9.17, 15) is 4.79 Å². The maximum atomic E-state index is 12.1. The van der Waals surface area contributed by atoms with Crippen molar-refractivity contribution in [2.75, 3.05) is 39.4 Å². The highest BCUT2D eigenvalue weighted by atomic mass is 32.1. The topological polar surface area (TPSA) is 63.7 Å². The van der Waals surface area contributed by atoms with Crippen LogP contribution in [0.5, 0.6) is 5.75 Å². The molecule has 0 atom stereocenters. The Balaban J connectivity index is 1.37. The van der Waals surface area contributed by atoms with Crippen LogP contribution in [0.4, 0.5) is 0 Å². The minimum atomic E-state index is 0.00885. The van der Waals surface area contributed by atoms with Crippen LogP contribution < -0.4 is 10.1 Å². The normalized spacial score (nSPS) is 15.0. The van der Waals surface area contributed by atoms with Gasteiger partial charge in [0.05, 0.1) is 25.3 Å². The Morgan fingerprint density at radius 1 is 1.31 bits per heavy atom. The number of aromatic nitrogens is 1. The molecular weight excluding hydrogens is 350 g/mol. The highest BCUT2D eigenvalue weighted by Crippen LogP contribution is 2.16. The first kappa shape index (κ1) is 18.8. The van der Waals surface area contributed by atoms with Crippen LogP contribution in [0.1, 0.15) is 16.3 Å². The molecule has 1 saturated heterocycles. The van der Waals surface area contributed by atoms with E-state index in [1.807, 2.05) is 36.6 Å². The van der Waals surface area contributed by atoms with Gasteiger partial charge in [-0.05, 0) is 19.1 Å². The minimum absolute atomic E-state index is 0.00885. The Morgan fingerprint density at radius 2 is 2.08 bits per heavy atom. The number of hydrogen-bond donors (Lipinski definition) is 1. The van der Waals surface area contributed by atoms with Crippen molar-refractivity contribution in [1.29, 1.82) is 0 Å². The van der Waals surface area contributed by atoms with E-state index in [1.54, 1.807) is 0 Å². The van der Waals surface area contributed by atoms with Crippen molar-refractivity contribution in [3.63, 3.8) is 0 Å². The smallest absolute Gasteiger partial charge is 0.226 e. The number of thiazole rings is 1. The molecule has 0 unspecified atom stereocenters. The van der Waals surface area contributed by atoms with Crippen LogP contribution in [0.3, 0.4) is 0 Å². The van der Waals surface area contributed by atoms with E-state index in [0.29, 0.717) is 19.6 Å². The second-order valence-electron chi connectivity index (χ2n) is 6.32. The molecule has 0 aliphatic carbocycles. The molecular formula is C19H25N3O3S. The summed E-state index contributed by atoms with van der Waals surface area (Å²) in [5.41, 5.74) is 2.00. The molecule has 140 valence electrons. The first-order chi connectivity index (χ1) is 12.7. The number of amides is 1. The number of benzene rings is 1. The lowest BCUT2D eigenvalue weighted by Gasteiger charge is -2.26. The van der Waals surface area contributed by atoms with Crippen molar-refractivity contribution in [2.45, 2.75) is 20.0 Å². The average molecular weight is 375 g/mol. The predicted molar refractivity (Wildman–Crippen MR) is 102 cm³/mol. The lowest BCUT2D eigenvalue weighted by atomic mass is 10.2. The van der Waals surface area contributed by atoms with Gasteiger partial charge in [-0.25, -0.2) is 4.98 Å². The summed E-state index contributed by atoms with van der Waals surface area (Å²) >= 11 is 1.52. The molecule has 1 aromatic carbocycles. The highest BCUT2D eigenvalue weighted by Gasteiger charge is 2.11. The molecule has 0 bridgehead atoms. The third kappa shape index (κ3) is 6.09. The number of hydrogen-bond acceptors (Lipinski definition) is 6. The zero-order valence-electron chi connectivity index (χ0n) is 15.1. The summed E-state index contributed by atoms with van der Waals surface area (Å²) in [5, 5.41) is 5.77. The van der Waals surface area contributed by atoms with Gasteiger partial charge in [0.2, 0.25) is 5.91 Å². The van der Waals surface area contributed by atoms with Gasteiger partial charge in [0.1, 0.15) is 17.4 Å². The van der Waals surface area contributed by atoms with Crippen LogP contribution in [-0.2, 0) is 22.6 Å². The van der Waals surface area contributed by atoms with E-state index < -0.39 is 0 Å². The van der Waals surface area contributed by atoms with Crippen LogP contribution in [0.2, 0.25) is 0 Å². The fourth-order valence-corrected chi connectivity index (χ4v) is 3.39. The Hall–Kier alpha value is -1.96. The van der Waals surface area contributed by atoms with Gasteiger partial charge in [0, 0.05) is 31.6 Å².